The normalized spacial score (nSPS) is 9.36. The van der Waals surface area contributed by atoms with Crippen molar-refractivity contribution in [2.24, 2.45) is 0 Å². The summed E-state index contributed by atoms with van der Waals surface area (Å²) in [5, 5.41) is 0. The largest absolute Gasteiger partial charge is 1.00 e. The third-order valence-electron chi connectivity index (χ3n) is 5.08. The van der Waals surface area contributed by atoms with Gasteiger partial charge in [0.1, 0.15) is 0 Å². The van der Waals surface area contributed by atoms with Gasteiger partial charge in [-0.1, -0.05) is 0 Å². The predicted molar refractivity (Wildman–Crippen MR) is 171 cm³/mol. The van der Waals surface area contributed by atoms with Crippen molar-refractivity contribution < 1.29 is 75.4 Å². The fourth-order valence-electron chi connectivity index (χ4n) is 3.58. The van der Waals surface area contributed by atoms with Crippen LogP contribution in [-0.4, -0.2) is 76.0 Å². The number of benzene rings is 4. The van der Waals surface area contributed by atoms with Crippen LogP contribution in [0.1, 0.15) is 22.3 Å². The zero-order chi connectivity index (χ0) is 29.6. The molecule has 0 heterocycles. The quantitative estimate of drug-likeness (QED) is 0.156. The molecule has 0 N–H and O–H groups in total. The van der Waals surface area contributed by atoms with Crippen molar-refractivity contribution in [2.75, 3.05) is 56.4 Å². The Hall–Kier alpha value is -0.890. The van der Waals surface area contributed by atoms with Crippen LogP contribution in [-0.2, 0) is 26.2 Å². The second kappa shape index (κ2) is 32.1. The van der Waals surface area contributed by atoms with Gasteiger partial charge in [-0.05, 0) is 82.6 Å². The summed E-state index contributed by atoms with van der Waals surface area (Å²) < 4.78 is 0. The number of hydrogen-bond acceptors (Lipinski definition) is 4. The monoisotopic (exact) mass is 564 g/mol. The number of rotatable bonds is 8. The molecule has 0 unspecified atom stereocenters. The van der Waals surface area contributed by atoms with E-state index in [0.717, 1.165) is 26.2 Å². The molecule has 0 fully saturated rings. The number of nitrogens with zero attached hydrogens (tertiary/aromatic N) is 4. The molecule has 0 bridgehead atoms. The molecule has 0 saturated carbocycles. The average molecular weight is 565 g/mol. The van der Waals surface area contributed by atoms with E-state index in [-0.39, 0.29) is 75.4 Å². The van der Waals surface area contributed by atoms with E-state index in [1.807, 2.05) is 72.8 Å². The van der Waals surface area contributed by atoms with Crippen molar-refractivity contribution in [2.45, 2.75) is 26.2 Å². The molecule has 0 saturated heterocycles. The van der Waals surface area contributed by atoms with Crippen molar-refractivity contribution in [3.05, 3.63) is 144 Å². The molecular formula is C36H48Li4N4. The topological polar surface area (TPSA) is 13.0 Å². The second-order valence-electron chi connectivity index (χ2n) is 10.6. The Morgan fingerprint density at radius 3 is 0.659 bits per heavy atom. The van der Waals surface area contributed by atoms with Gasteiger partial charge in [0.05, 0.1) is 0 Å². The Kier molecular flexibility index (Phi) is 36.4. The van der Waals surface area contributed by atoms with Gasteiger partial charge in [0.2, 0.25) is 0 Å². The molecule has 0 aliphatic carbocycles. The van der Waals surface area contributed by atoms with E-state index in [1.54, 1.807) is 0 Å². The van der Waals surface area contributed by atoms with E-state index in [4.69, 9.17) is 0 Å². The molecule has 0 amide bonds. The van der Waals surface area contributed by atoms with E-state index >= 15 is 0 Å². The van der Waals surface area contributed by atoms with E-state index in [2.05, 4.69) is 125 Å². The molecule has 4 aromatic rings. The molecule has 0 aliphatic heterocycles. The Morgan fingerprint density at radius 2 is 0.545 bits per heavy atom. The van der Waals surface area contributed by atoms with Gasteiger partial charge in [0, 0.05) is 0 Å². The van der Waals surface area contributed by atoms with Gasteiger partial charge in [0.25, 0.3) is 0 Å². The Balaban J connectivity index is -0.000000235. The zero-order valence-corrected chi connectivity index (χ0v) is 29.9. The van der Waals surface area contributed by atoms with Crippen LogP contribution in [0, 0.1) is 24.3 Å². The number of hydrogen-bond donors (Lipinski definition) is 0. The maximum absolute atomic E-state index is 3.04. The fourth-order valence-corrected chi connectivity index (χ4v) is 3.58. The van der Waals surface area contributed by atoms with Crippen molar-refractivity contribution in [3.63, 3.8) is 0 Å². The van der Waals surface area contributed by atoms with Crippen molar-refractivity contribution in [1.29, 1.82) is 0 Å². The Morgan fingerprint density at radius 1 is 0.364 bits per heavy atom. The molecule has 4 nitrogen and oxygen atoms in total. The van der Waals surface area contributed by atoms with Crippen LogP contribution in [0.5, 0.6) is 0 Å². The summed E-state index contributed by atoms with van der Waals surface area (Å²) in [6.07, 6.45) is 0. The van der Waals surface area contributed by atoms with E-state index < -0.39 is 0 Å². The molecule has 4 rings (SSSR count). The summed E-state index contributed by atoms with van der Waals surface area (Å²) in [6, 6.07) is 44.4. The van der Waals surface area contributed by atoms with Gasteiger partial charge < -0.3 is 19.6 Å². The Bertz CT molecular complexity index is 918. The van der Waals surface area contributed by atoms with E-state index in [9.17, 15) is 0 Å². The summed E-state index contributed by atoms with van der Waals surface area (Å²) in [6.45, 7) is 3.99. The maximum Gasteiger partial charge on any atom is 1.00 e. The molecule has 0 spiro atoms. The van der Waals surface area contributed by atoms with Gasteiger partial charge in [-0.15, -0.1) is 22.3 Å². The summed E-state index contributed by atoms with van der Waals surface area (Å²) in [7, 11) is 16.5. The van der Waals surface area contributed by atoms with Gasteiger partial charge in [-0.2, -0.15) is 121 Å². The predicted octanol–water partition coefficient (Wildman–Crippen LogP) is -5.79. The van der Waals surface area contributed by atoms with Crippen molar-refractivity contribution in [1.82, 2.24) is 19.6 Å². The average Bonchev–Trinajstić information content (AvgIpc) is 2.91. The first-order chi connectivity index (χ1) is 19.2. The summed E-state index contributed by atoms with van der Waals surface area (Å²) >= 11 is 0. The molecule has 8 heteroatoms. The third-order valence-corrected chi connectivity index (χ3v) is 5.08. The van der Waals surface area contributed by atoms with Crippen LogP contribution >= 0.6 is 0 Å². The smallest absolute Gasteiger partial charge is 0.316 e. The van der Waals surface area contributed by atoms with Gasteiger partial charge in [0.15, 0.2) is 0 Å². The molecule has 4 aromatic carbocycles. The standard InChI is InChI=1S/4C9H12N.4Li/c4*1-10(2)8-9-6-4-3-5-7-9;;;;/h4*3-4,6-7H,8H2,1-2H3;;;;/q4*-1;4*+1. The molecule has 0 aromatic heterocycles. The maximum atomic E-state index is 3.04. The first-order valence-electron chi connectivity index (χ1n) is 13.5. The minimum absolute atomic E-state index is 0. The molecule has 0 aliphatic rings. The van der Waals surface area contributed by atoms with Crippen LogP contribution in [0.3, 0.4) is 0 Å². The zero-order valence-electron chi connectivity index (χ0n) is 29.9. The molecule has 0 radical (unpaired) electrons. The van der Waals surface area contributed by atoms with Gasteiger partial charge in [-0.3, -0.25) is 0 Å². The van der Waals surface area contributed by atoms with Crippen molar-refractivity contribution >= 4 is 0 Å². The van der Waals surface area contributed by atoms with Gasteiger partial charge in [-0.25, -0.2) is 0 Å². The first kappa shape index (κ1) is 50.0. The molecular weight excluding hydrogens is 516 g/mol. The minimum Gasteiger partial charge on any atom is -0.316 e. The fraction of sp³-hybridized carbons (Fsp3) is 0.333. The van der Waals surface area contributed by atoms with Crippen LogP contribution < -0.4 is 75.4 Å². The van der Waals surface area contributed by atoms with Gasteiger partial charge >= 0.3 is 75.4 Å². The molecule has 0 atom stereocenters. The van der Waals surface area contributed by atoms with Crippen LogP contribution in [0.2, 0.25) is 0 Å². The van der Waals surface area contributed by atoms with Crippen molar-refractivity contribution in [3.8, 4) is 0 Å². The second-order valence-corrected chi connectivity index (χ2v) is 10.6. The SMILES string of the molecule is CN(C)Cc1c[c-]ccc1.CN(C)Cc1c[c-]ccc1.CN(C)Cc1c[c-]ccc1.CN(C)Cc1c[c-]ccc1.[Li+].[Li+].[Li+].[Li+]. The third kappa shape index (κ3) is 29.8. The Labute approximate surface area is 318 Å². The van der Waals surface area contributed by atoms with Crippen LogP contribution in [0.25, 0.3) is 0 Å². The van der Waals surface area contributed by atoms with Crippen LogP contribution in [0.4, 0.5) is 0 Å². The van der Waals surface area contributed by atoms with Crippen LogP contribution in [0.15, 0.2) is 97.1 Å². The molecule has 216 valence electrons. The summed E-state index contributed by atoms with van der Waals surface area (Å²) in [5.41, 5.74) is 5.25. The molecule has 44 heavy (non-hydrogen) atoms. The minimum atomic E-state index is 0. The first-order valence-corrected chi connectivity index (χ1v) is 13.5. The summed E-state index contributed by atoms with van der Waals surface area (Å²) in [4.78, 5) is 8.57. The summed E-state index contributed by atoms with van der Waals surface area (Å²) in [5.74, 6) is 0. The van der Waals surface area contributed by atoms with E-state index in [0.29, 0.717) is 0 Å². The van der Waals surface area contributed by atoms with E-state index in [1.165, 1.54) is 22.3 Å².